The Hall–Kier alpha value is -2.67. The summed E-state index contributed by atoms with van der Waals surface area (Å²) in [6.07, 6.45) is 0. The highest BCUT2D eigenvalue weighted by atomic mass is 32.2. The quantitative estimate of drug-likeness (QED) is 0.719. The minimum Gasteiger partial charge on any atom is -0.399 e. The van der Waals surface area contributed by atoms with Gasteiger partial charge in [0.2, 0.25) is 0 Å². The average molecular weight is 279 g/mol. The number of benzene rings is 1. The van der Waals surface area contributed by atoms with Gasteiger partial charge in [0.1, 0.15) is 11.0 Å². The number of aryl methyl sites for hydroxylation is 1. The van der Waals surface area contributed by atoms with Crippen LogP contribution in [0.5, 0.6) is 0 Å². The fraction of sp³-hybridized carbons (Fsp3) is 0.111. The Bertz CT molecular complexity index is 759. The monoisotopic (exact) mass is 279 g/mol. The van der Waals surface area contributed by atoms with Crippen molar-refractivity contribution >= 4 is 21.7 Å². The lowest BCUT2D eigenvalue weighted by atomic mass is 10.2. The van der Waals surface area contributed by atoms with Crippen LogP contribution in [0.15, 0.2) is 23.1 Å². The van der Waals surface area contributed by atoms with Crippen LogP contribution >= 0.6 is 0 Å². The predicted molar refractivity (Wildman–Crippen MR) is 65.2 cm³/mol. The number of hydrogen-bond acceptors (Lipinski definition) is 7. The van der Waals surface area contributed by atoms with Crippen LogP contribution in [0.3, 0.4) is 0 Å². The topological polar surface area (TPSA) is 140 Å². The van der Waals surface area contributed by atoms with Crippen LogP contribution in [0.1, 0.15) is 5.56 Å². The lowest BCUT2D eigenvalue weighted by Gasteiger charge is -2.06. The first kappa shape index (κ1) is 12.8. The molecule has 2 rings (SSSR count). The van der Waals surface area contributed by atoms with E-state index in [1.807, 2.05) is 0 Å². The zero-order chi connectivity index (χ0) is 14.0. The predicted octanol–water partition coefficient (Wildman–Crippen LogP) is -0.535. The maximum Gasteiger partial charge on any atom is 0.277 e. The zero-order valence-corrected chi connectivity index (χ0v) is 10.6. The number of sulfonamides is 1. The number of nitrogen functional groups attached to an aromatic ring is 1. The normalized spacial score (nSPS) is 10.9. The molecular weight excluding hydrogens is 270 g/mol. The Labute approximate surface area is 108 Å². The number of nitriles is 1. The van der Waals surface area contributed by atoms with Crippen molar-refractivity contribution in [3.8, 4) is 6.07 Å². The van der Waals surface area contributed by atoms with Gasteiger partial charge < -0.3 is 5.73 Å². The molecule has 1 heterocycles. The Morgan fingerprint density at radius 3 is 2.79 bits per heavy atom. The maximum atomic E-state index is 12.1. The largest absolute Gasteiger partial charge is 0.399 e. The lowest BCUT2D eigenvalue weighted by molar-refractivity contribution is 0.600. The Kier molecular flexibility index (Phi) is 3.05. The van der Waals surface area contributed by atoms with E-state index >= 15 is 0 Å². The molecule has 0 atom stereocenters. The van der Waals surface area contributed by atoms with Crippen LogP contribution in [0.2, 0.25) is 0 Å². The molecule has 0 saturated carbocycles. The van der Waals surface area contributed by atoms with Gasteiger partial charge >= 0.3 is 0 Å². The third-order valence-electron chi connectivity index (χ3n) is 2.15. The Balaban J connectivity index is 2.43. The minimum atomic E-state index is -3.97. The van der Waals surface area contributed by atoms with Gasteiger partial charge in [0.25, 0.3) is 16.0 Å². The molecule has 1 aromatic heterocycles. The van der Waals surface area contributed by atoms with Gasteiger partial charge in [0.05, 0.1) is 12.6 Å². The van der Waals surface area contributed by atoms with Gasteiger partial charge in [-0.05, 0) is 23.4 Å². The molecule has 0 aliphatic heterocycles. The maximum absolute atomic E-state index is 12.1. The standard InChI is InChI=1S/C9H9N7O2S/c1-16-13-9(12-15-16)14-19(17,18)8-3-2-7(11)4-6(8)5-10/h2-4H,11H2,1H3,(H,13,14). The highest BCUT2D eigenvalue weighted by Crippen LogP contribution is 2.19. The van der Waals surface area contributed by atoms with Crippen molar-refractivity contribution in [3.05, 3.63) is 23.8 Å². The van der Waals surface area contributed by atoms with Crippen LogP contribution in [0, 0.1) is 11.3 Å². The molecule has 1 aromatic carbocycles. The number of nitrogens with one attached hydrogen (secondary N) is 1. The molecule has 0 unspecified atom stereocenters. The summed E-state index contributed by atoms with van der Waals surface area (Å²) in [7, 11) is -2.47. The second kappa shape index (κ2) is 4.54. The first-order chi connectivity index (χ1) is 8.92. The van der Waals surface area contributed by atoms with Crippen LogP contribution < -0.4 is 10.5 Å². The molecule has 0 radical (unpaired) electrons. The summed E-state index contributed by atoms with van der Waals surface area (Å²) in [5.74, 6) is -0.178. The summed E-state index contributed by atoms with van der Waals surface area (Å²) < 4.78 is 26.3. The van der Waals surface area contributed by atoms with Gasteiger partial charge in [-0.25, -0.2) is 13.1 Å². The number of tetrazole rings is 1. The van der Waals surface area contributed by atoms with Gasteiger partial charge in [0, 0.05) is 5.69 Å². The van der Waals surface area contributed by atoms with E-state index in [1.165, 1.54) is 25.2 Å². The van der Waals surface area contributed by atoms with Crippen molar-refractivity contribution in [3.63, 3.8) is 0 Å². The van der Waals surface area contributed by atoms with E-state index in [9.17, 15) is 8.42 Å². The van der Waals surface area contributed by atoms with Gasteiger partial charge in [-0.1, -0.05) is 5.10 Å². The van der Waals surface area contributed by atoms with Crippen molar-refractivity contribution < 1.29 is 8.42 Å². The fourth-order valence-corrected chi connectivity index (χ4v) is 2.44. The highest BCUT2D eigenvalue weighted by molar-refractivity contribution is 7.92. The molecule has 0 aliphatic carbocycles. The lowest BCUT2D eigenvalue weighted by Crippen LogP contribution is -2.15. The van der Waals surface area contributed by atoms with Gasteiger partial charge in [-0.3, -0.25) is 0 Å². The number of nitrogens with zero attached hydrogens (tertiary/aromatic N) is 5. The van der Waals surface area contributed by atoms with Crippen LogP contribution in [0.4, 0.5) is 11.6 Å². The molecule has 98 valence electrons. The molecule has 0 fully saturated rings. The molecule has 0 spiro atoms. The summed E-state index contributed by atoms with van der Waals surface area (Å²) in [5.41, 5.74) is 5.74. The summed E-state index contributed by atoms with van der Waals surface area (Å²) >= 11 is 0. The van der Waals surface area contributed by atoms with E-state index < -0.39 is 10.0 Å². The van der Waals surface area contributed by atoms with Crippen LogP contribution in [-0.2, 0) is 17.1 Å². The third-order valence-corrected chi connectivity index (χ3v) is 3.53. The molecule has 0 aliphatic rings. The summed E-state index contributed by atoms with van der Waals surface area (Å²) in [4.78, 5) is 0.906. The van der Waals surface area contributed by atoms with Crippen LogP contribution in [-0.4, -0.2) is 28.6 Å². The van der Waals surface area contributed by atoms with E-state index in [0.717, 1.165) is 4.80 Å². The van der Waals surface area contributed by atoms with E-state index in [-0.39, 0.29) is 16.4 Å². The molecule has 0 amide bonds. The van der Waals surface area contributed by atoms with Gasteiger partial charge in [-0.2, -0.15) is 10.1 Å². The molecule has 9 nitrogen and oxygen atoms in total. The molecule has 19 heavy (non-hydrogen) atoms. The first-order valence-corrected chi connectivity index (χ1v) is 6.47. The van der Waals surface area contributed by atoms with Gasteiger partial charge in [0.15, 0.2) is 0 Å². The highest BCUT2D eigenvalue weighted by Gasteiger charge is 2.20. The Morgan fingerprint density at radius 2 is 2.21 bits per heavy atom. The summed E-state index contributed by atoms with van der Waals surface area (Å²) in [5, 5.41) is 19.6. The van der Waals surface area contributed by atoms with E-state index in [0.29, 0.717) is 5.69 Å². The van der Waals surface area contributed by atoms with E-state index in [2.05, 4.69) is 20.1 Å². The number of nitrogens with two attached hydrogens (primary N) is 1. The molecule has 0 bridgehead atoms. The van der Waals surface area contributed by atoms with Crippen LogP contribution in [0.25, 0.3) is 0 Å². The van der Waals surface area contributed by atoms with E-state index in [1.54, 1.807) is 6.07 Å². The van der Waals surface area contributed by atoms with Crippen molar-refractivity contribution in [2.75, 3.05) is 10.5 Å². The zero-order valence-electron chi connectivity index (χ0n) is 9.77. The molecule has 3 N–H and O–H groups in total. The minimum absolute atomic E-state index is 0.0589. The Morgan fingerprint density at radius 1 is 1.47 bits per heavy atom. The van der Waals surface area contributed by atoms with Crippen molar-refractivity contribution in [2.45, 2.75) is 4.90 Å². The smallest absolute Gasteiger partial charge is 0.277 e. The first-order valence-electron chi connectivity index (χ1n) is 4.99. The van der Waals surface area contributed by atoms with Gasteiger partial charge in [-0.15, -0.1) is 5.10 Å². The summed E-state index contributed by atoms with van der Waals surface area (Å²) in [6.45, 7) is 0. The molecule has 2 aromatic rings. The fourth-order valence-electron chi connectivity index (χ4n) is 1.37. The van der Waals surface area contributed by atoms with Crippen molar-refractivity contribution in [2.24, 2.45) is 7.05 Å². The van der Waals surface area contributed by atoms with Crippen molar-refractivity contribution in [1.29, 1.82) is 5.26 Å². The number of anilines is 2. The number of aromatic nitrogens is 4. The summed E-state index contributed by atoms with van der Waals surface area (Å²) in [6, 6.07) is 5.68. The van der Waals surface area contributed by atoms with Crippen molar-refractivity contribution in [1.82, 2.24) is 20.2 Å². The molecule has 0 saturated heterocycles. The van der Waals surface area contributed by atoms with E-state index in [4.69, 9.17) is 11.0 Å². The SMILES string of the molecule is Cn1nnc(NS(=O)(=O)c2ccc(N)cc2C#N)n1. The molecule has 10 heteroatoms. The average Bonchev–Trinajstić information content (AvgIpc) is 2.73. The molecular formula is C9H9N7O2S. The second-order valence-corrected chi connectivity index (χ2v) is 5.23. The second-order valence-electron chi connectivity index (χ2n) is 3.58. The third kappa shape index (κ3) is 2.61. The number of rotatable bonds is 3. The number of hydrogen-bond donors (Lipinski definition) is 2.